The molecule has 0 bridgehead atoms. The zero-order valence-electron chi connectivity index (χ0n) is 12.2. The summed E-state index contributed by atoms with van der Waals surface area (Å²) in [5.74, 6) is 1.09. The molecule has 18 heavy (non-hydrogen) atoms. The Morgan fingerprint density at radius 3 is 2.56 bits per heavy atom. The second-order valence-electron chi connectivity index (χ2n) is 6.65. The average Bonchev–Trinajstić information content (AvgIpc) is 2.26. The number of likely N-dealkylation sites (N-methyl/N-ethyl adjacent to an activating group) is 1. The van der Waals surface area contributed by atoms with Gasteiger partial charge in [-0.15, -0.1) is 0 Å². The van der Waals surface area contributed by atoms with E-state index < -0.39 is 0 Å². The Hall–Kier alpha value is -0.570. The van der Waals surface area contributed by atoms with Crippen LogP contribution in [-0.4, -0.2) is 36.5 Å². The Morgan fingerprint density at radius 2 is 2.06 bits per heavy atom. The lowest BCUT2D eigenvalue weighted by Crippen LogP contribution is -2.57. The fourth-order valence-corrected chi connectivity index (χ4v) is 3.18. The molecule has 1 saturated carbocycles. The predicted molar refractivity (Wildman–Crippen MR) is 74.4 cm³/mol. The van der Waals surface area contributed by atoms with Gasteiger partial charge in [0, 0.05) is 13.1 Å². The molecule has 1 amide bonds. The Bertz CT molecular complexity index is 297. The molecule has 3 heteroatoms. The summed E-state index contributed by atoms with van der Waals surface area (Å²) in [6.45, 7) is 9.36. The molecule has 1 saturated heterocycles. The van der Waals surface area contributed by atoms with Crippen molar-refractivity contribution in [2.24, 2.45) is 11.3 Å². The molecule has 104 valence electrons. The number of hydrogen-bond acceptors (Lipinski definition) is 2. The molecule has 3 nitrogen and oxygen atoms in total. The van der Waals surface area contributed by atoms with Crippen LogP contribution >= 0.6 is 0 Å². The molecular formula is C15H28N2O. The standard InChI is InChI=1S/C15H28N2O/c1-4-17(11-12-7-5-8-12)14(18)13-15(2,3)9-6-10-16-13/h12-13,16H,4-11H2,1-3H3. The van der Waals surface area contributed by atoms with E-state index in [-0.39, 0.29) is 11.5 Å². The van der Waals surface area contributed by atoms with Gasteiger partial charge in [0.05, 0.1) is 6.04 Å². The van der Waals surface area contributed by atoms with Gasteiger partial charge in [0.25, 0.3) is 0 Å². The summed E-state index contributed by atoms with van der Waals surface area (Å²) in [6.07, 6.45) is 6.31. The van der Waals surface area contributed by atoms with Gasteiger partial charge in [-0.05, 0) is 50.5 Å². The third kappa shape index (κ3) is 2.87. The van der Waals surface area contributed by atoms with Crippen molar-refractivity contribution in [2.75, 3.05) is 19.6 Å². The van der Waals surface area contributed by atoms with Crippen molar-refractivity contribution in [3.63, 3.8) is 0 Å². The molecular weight excluding hydrogens is 224 g/mol. The van der Waals surface area contributed by atoms with E-state index in [1.165, 1.54) is 25.7 Å². The molecule has 1 atom stereocenters. The van der Waals surface area contributed by atoms with Crippen molar-refractivity contribution in [1.82, 2.24) is 10.2 Å². The van der Waals surface area contributed by atoms with Crippen molar-refractivity contribution >= 4 is 5.91 Å². The van der Waals surface area contributed by atoms with E-state index in [1.807, 2.05) is 0 Å². The molecule has 0 aromatic heterocycles. The molecule has 1 unspecified atom stereocenters. The van der Waals surface area contributed by atoms with Gasteiger partial charge in [0.2, 0.25) is 5.91 Å². The molecule has 0 aromatic carbocycles. The van der Waals surface area contributed by atoms with Gasteiger partial charge in [0.1, 0.15) is 0 Å². The molecule has 0 radical (unpaired) electrons. The Balaban J connectivity index is 1.98. The van der Waals surface area contributed by atoms with Crippen LogP contribution in [0.3, 0.4) is 0 Å². The molecule has 1 aliphatic heterocycles. The van der Waals surface area contributed by atoms with Crippen LogP contribution in [-0.2, 0) is 4.79 Å². The first-order valence-corrected chi connectivity index (χ1v) is 7.57. The fraction of sp³-hybridized carbons (Fsp3) is 0.933. The smallest absolute Gasteiger partial charge is 0.240 e. The molecule has 2 rings (SSSR count). The molecule has 0 spiro atoms. The largest absolute Gasteiger partial charge is 0.341 e. The van der Waals surface area contributed by atoms with Gasteiger partial charge in [-0.1, -0.05) is 20.3 Å². The van der Waals surface area contributed by atoms with Crippen LogP contribution in [0.15, 0.2) is 0 Å². The Morgan fingerprint density at radius 1 is 1.33 bits per heavy atom. The fourth-order valence-electron chi connectivity index (χ4n) is 3.18. The number of nitrogens with one attached hydrogen (secondary N) is 1. The number of piperidine rings is 1. The van der Waals surface area contributed by atoms with E-state index in [0.717, 1.165) is 32.0 Å². The summed E-state index contributed by atoms with van der Waals surface area (Å²) in [5, 5.41) is 3.44. The number of hydrogen-bond donors (Lipinski definition) is 1. The highest BCUT2D eigenvalue weighted by Crippen LogP contribution is 2.32. The van der Waals surface area contributed by atoms with Crippen LogP contribution in [0.25, 0.3) is 0 Å². The van der Waals surface area contributed by atoms with Crippen molar-refractivity contribution in [1.29, 1.82) is 0 Å². The molecule has 1 N–H and O–H groups in total. The summed E-state index contributed by atoms with van der Waals surface area (Å²) in [4.78, 5) is 14.8. The van der Waals surface area contributed by atoms with E-state index in [4.69, 9.17) is 0 Å². The van der Waals surface area contributed by atoms with Gasteiger partial charge in [-0.2, -0.15) is 0 Å². The highest BCUT2D eigenvalue weighted by atomic mass is 16.2. The molecule has 2 fully saturated rings. The second kappa shape index (κ2) is 5.60. The maximum absolute atomic E-state index is 12.7. The molecule has 1 aliphatic carbocycles. The summed E-state index contributed by atoms with van der Waals surface area (Å²) in [5.41, 5.74) is 0.0996. The zero-order chi connectivity index (χ0) is 13.2. The first-order valence-electron chi connectivity index (χ1n) is 7.57. The summed E-state index contributed by atoms with van der Waals surface area (Å²) < 4.78 is 0. The first kappa shape index (κ1) is 13.9. The van der Waals surface area contributed by atoms with Crippen molar-refractivity contribution in [3.05, 3.63) is 0 Å². The third-order valence-corrected chi connectivity index (χ3v) is 4.77. The lowest BCUT2D eigenvalue weighted by Gasteiger charge is -2.42. The van der Waals surface area contributed by atoms with Crippen molar-refractivity contribution in [3.8, 4) is 0 Å². The summed E-state index contributed by atoms with van der Waals surface area (Å²) >= 11 is 0. The summed E-state index contributed by atoms with van der Waals surface area (Å²) in [7, 11) is 0. The van der Waals surface area contributed by atoms with Crippen molar-refractivity contribution < 1.29 is 4.79 Å². The summed E-state index contributed by atoms with van der Waals surface area (Å²) in [6, 6.07) is 0.0197. The van der Waals surface area contributed by atoms with Gasteiger partial charge >= 0.3 is 0 Å². The van der Waals surface area contributed by atoms with Crippen molar-refractivity contribution in [2.45, 2.75) is 58.9 Å². The molecule has 0 aromatic rings. The third-order valence-electron chi connectivity index (χ3n) is 4.77. The number of nitrogens with zero attached hydrogens (tertiary/aromatic N) is 1. The van der Waals surface area contributed by atoms with Crippen LogP contribution in [0.1, 0.15) is 52.9 Å². The van der Waals surface area contributed by atoms with Crippen LogP contribution in [0, 0.1) is 11.3 Å². The first-order chi connectivity index (χ1) is 8.54. The zero-order valence-corrected chi connectivity index (χ0v) is 12.2. The predicted octanol–water partition coefficient (Wildman–Crippen LogP) is 2.41. The monoisotopic (exact) mass is 252 g/mol. The minimum atomic E-state index is 0.0197. The maximum Gasteiger partial charge on any atom is 0.240 e. The lowest BCUT2D eigenvalue weighted by molar-refractivity contribution is -0.138. The van der Waals surface area contributed by atoms with Crippen LogP contribution < -0.4 is 5.32 Å². The van der Waals surface area contributed by atoms with Gasteiger partial charge in [-0.3, -0.25) is 4.79 Å². The number of rotatable bonds is 4. The van der Waals surface area contributed by atoms with Gasteiger partial charge in [-0.25, -0.2) is 0 Å². The topological polar surface area (TPSA) is 32.3 Å². The van der Waals surface area contributed by atoms with E-state index in [2.05, 4.69) is 31.0 Å². The van der Waals surface area contributed by atoms with Crippen LogP contribution in [0.5, 0.6) is 0 Å². The number of carbonyl (C=O) groups is 1. The van der Waals surface area contributed by atoms with E-state index >= 15 is 0 Å². The highest BCUT2D eigenvalue weighted by Gasteiger charge is 2.39. The maximum atomic E-state index is 12.7. The highest BCUT2D eigenvalue weighted by molar-refractivity contribution is 5.83. The minimum Gasteiger partial charge on any atom is -0.341 e. The SMILES string of the molecule is CCN(CC1CCC1)C(=O)C1NCCCC1(C)C. The van der Waals surface area contributed by atoms with Gasteiger partial charge < -0.3 is 10.2 Å². The second-order valence-corrected chi connectivity index (χ2v) is 6.65. The van der Waals surface area contributed by atoms with E-state index in [9.17, 15) is 4.79 Å². The van der Waals surface area contributed by atoms with Crippen LogP contribution in [0.2, 0.25) is 0 Å². The lowest BCUT2D eigenvalue weighted by atomic mass is 9.76. The molecule has 2 aliphatic rings. The van der Waals surface area contributed by atoms with E-state index in [1.54, 1.807) is 0 Å². The normalized spacial score (nSPS) is 27.6. The molecule has 1 heterocycles. The number of amides is 1. The quantitative estimate of drug-likeness (QED) is 0.833. The Labute approximate surface area is 111 Å². The number of carbonyl (C=O) groups excluding carboxylic acids is 1. The van der Waals surface area contributed by atoms with Gasteiger partial charge in [0.15, 0.2) is 0 Å². The Kier molecular flexibility index (Phi) is 4.31. The van der Waals surface area contributed by atoms with Crippen LogP contribution in [0.4, 0.5) is 0 Å². The van der Waals surface area contributed by atoms with E-state index in [0.29, 0.717) is 5.91 Å². The average molecular weight is 252 g/mol. The minimum absolute atomic E-state index is 0.0197.